The number of carbonyl (C=O) groups is 2. The molecule has 2 aliphatic carbocycles. The molecule has 0 bridgehead atoms. The lowest BCUT2D eigenvalue weighted by molar-refractivity contribution is -0.160. The van der Waals surface area contributed by atoms with Gasteiger partial charge in [0.15, 0.2) is 11.4 Å². The van der Waals surface area contributed by atoms with Gasteiger partial charge in [-0.1, -0.05) is 12.1 Å². The summed E-state index contributed by atoms with van der Waals surface area (Å²) in [5.41, 5.74) is 5.72. The Kier molecular flexibility index (Phi) is 10.5. The van der Waals surface area contributed by atoms with Crippen molar-refractivity contribution in [3.8, 4) is 5.75 Å². The first-order chi connectivity index (χ1) is 20.5. The number of nitrogens with one attached hydrogen (secondary N) is 2. The van der Waals surface area contributed by atoms with Crippen molar-refractivity contribution in [3.63, 3.8) is 0 Å². The van der Waals surface area contributed by atoms with E-state index in [0.29, 0.717) is 49.2 Å². The number of ether oxygens (including phenoxy) is 1. The van der Waals surface area contributed by atoms with E-state index in [1.54, 1.807) is 31.5 Å². The van der Waals surface area contributed by atoms with Gasteiger partial charge in [0.2, 0.25) is 0 Å². The first-order valence-corrected chi connectivity index (χ1v) is 15.7. The van der Waals surface area contributed by atoms with Gasteiger partial charge in [-0.2, -0.15) is 0 Å². The van der Waals surface area contributed by atoms with Gasteiger partial charge < -0.3 is 26.2 Å². The average molecular weight is 596 g/mol. The summed E-state index contributed by atoms with van der Waals surface area (Å²) in [4.78, 5) is 41.0. The fourth-order valence-electron chi connectivity index (χ4n) is 7.25. The molecule has 236 valence electrons. The van der Waals surface area contributed by atoms with Crippen LogP contribution >= 0.6 is 0 Å². The summed E-state index contributed by atoms with van der Waals surface area (Å²) in [5.74, 6) is 0.0717. The number of likely N-dealkylation sites (tertiary alicyclic amines) is 1. The van der Waals surface area contributed by atoms with Crippen LogP contribution < -0.4 is 21.1 Å². The van der Waals surface area contributed by atoms with Gasteiger partial charge in [0, 0.05) is 49.1 Å². The Bertz CT molecular complexity index is 1260. The molecule has 0 spiro atoms. The largest absolute Gasteiger partial charge is 0.424 e. The van der Waals surface area contributed by atoms with Crippen LogP contribution in [0, 0.1) is 17.7 Å². The fourth-order valence-corrected chi connectivity index (χ4v) is 7.25. The second kappa shape index (κ2) is 13.7. The third-order valence-electron chi connectivity index (χ3n) is 9.84. The van der Waals surface area contributed by atoms with E-state index in [9.17, 15) is 19.6 Å². The van der Waals surface area contributed by atoms with Crippen molar-refractivity contribution in [1.29, 1.82) is 0 Å². The number of benzene rings is 1. The number of nitrogens with zero attached hydrogens (tertiary/aromatic N) is 2. The van der Waals surface area contributed by atoms with Crippen molar-refractivity contribution in [1.82, 2.24) is 15.5 Å². The number of aliphatic hydroxyl groups is 1. The molecular weight excluding hydrogens is 546 g/mol. The minimum atomic E-state index is -1.20. The first kappa shape index (κ1) is 32.8. The standard InChI is InChI=1S/C33H49N5O5/c1-6-25(14-17-35-5)31(40)36-26-13-15-33(41)23(4)38(20-24-9-10-24)18-16-32(33,19-26)29-21(2)7-11-27(30(29)37-42)43-28(39)12-8-22(3)34/h6-7,11,14,17,22-24,26,35,41H,8-10,12-13,15-16,18-20,34H2,1-5H3,(H,36,40)/b17-14-,25-6+/t22?,23?,26-,32?,33-/m1/s1. The molecule has 43 heavy (non-hydrogen) atoms. The Morgan fingerprint density at radius 3 is 2.65 bits per heavy atom. The van der Waals surface area contributed by atoms with Crippen LogP contribution in [-0.2, 0) is 15.0 Å². The molecule has 10 heteroatoms. The predicted octanol–water partition coefficient (Wildman–Crippen LogP) is 4.25. The fraction of sp³-hybridized carbons (Fsp3) is 0.636. The van der Waals surface area contributed by atoms with Crippen molar-refractivity contribution in [2.24, 2.45) is 16.8 Å². The van der Waals surface area contributed by atoms with Gasteiger partial charge in [0.1, 0.15) is 0 Å². The summed E-state index contributed by atoms with van der Waals surface area (Å²) in [6.45, 7) is 9.31. The predicted molar refractivity (Wildman–Crippen MR) is 168 cm³/mol. The minimum Gasteiger partial charge on any atom is -0.424 e. The summed E-state index contributed by atoms with van der Waals surface area (Å²) in [6.07, 6.45) is 10.2. The Labute approximate surface area is 255 Å². The van der Waals surface area contributed by atoms with Crippen LogP contribution in [0.3, 0.4) is 0 Å². The number of fused-ring (bicyclic) bond motifs is 1. The topological polar surface area (TPSA) is 146 Å². The molecule has 0 aromatic heterocycles. The third-order valence-corrected chi connectivity index (χ3v) is 9.84. The second-order valence-corrected chi connectivity index (χ2v) is 12.8. The summed E-state index contributed by atoms with van der Waals surface area (Å²) in [5, 5.41) is 22.4. The third kappa shape index (κ3) is 6.86. The van der Waals surface area contributed by atoms with Crippen molar-refractivity contribution in [2.75, 3.05) is 20.1 Å². The summed E-state index contributed by atoms with van der Waals surface area (Å²) >= 11 is 0. The van der Waals surface area contributed by atoms with E-state index < -0.39 is 17.0 Å². The van der Waals surface area contributed by atoms with E-state index in [2.05, 4.69) is 27.6 Å². The van der Waals surface area contributed by atoms with Crippen molar-refractivity contribution in [2.45, 2.75) is 108 Å². The van der Waals surface area contributed by atoms with Gasteiger partial charge >= 0.3 is 5.97 Å². The molecule has 1 saturated heterocycles. The lowest BCUT2D eigenvalue weighted by Gasteiger charge is -2.61. The molecule has 1 amide bonds. The number of esters is 1. The molecule has 1 aromatic carbocycles. The number of amides is 1. The van der Waals surface area contributed by atoms with Crippen LogP contribution in [0.4, 0.5) is 5.69 Å². The molecule has 3 aliphatic rings. The molecule has 3 fully saturated rings. The quantitative estimate of drug-likeness (QED) is 0.0923. The molecular formula is C33H49N5O5. The van der Waals surface area contributed by atoms with Gasteiger partial charge in [-0.05, 0) is 120 Å². The molecule has 5 atom stereocenters. The number of carbonyl (C=O) groups excluding carboxylic acids is 2. The van der Waals surface area contributed by atoms with Gasteiger partial charge in [0.25, 0.3) is 5.91 Å². The number of nitroso groups, excluding NO2 is 1. The molecule has 2 saturated carbocycles. The Balaban J connectivity index is 1.76. The highest BCUT2D eigenvalue weighted by Gasteiger charge is 2.62. The number of nitrogens with two attached hydrogens (primary N) is 1. The Hall–Kier alpha value is -3.08. The van der Waals surface area contributed by atoms with Gasteiger partial charge in [-0.25, -0.2) is 0 Å². The zero-order valence-corrected chi connectivity index (χ0v) is 26.3. The van der Waals surface area contributed by atoms with Crippen LogP contribution in [0.25, 0.3) is 0 Å². The minimum absolute atomic E-state index is 0.0495. The van der Waals surface area contributed by atoms with E-state index in [-0.39, 0.29) is 41.9 Å². The van der Waals surface area contributed by atoms with Crippen molar-refractivity contribution in [3.05, 3.63) is 52.1 Å². The zero-order chi connectivity index (χ0) is 31.4. The lowest BCUT2D eigenvalue weighted by Crippen LogP contribution is -2.71. The average Bonchev–Trinajstić information content (AvgIpc) is 3.80. The van der Waals surface area contributed by atoms with Crippen LogP contribution in [0.1, 0.15) is 83.3 Å². The number of aryl methyl sites for hydroxylation is 1. The highest BCUT2D eigenvalue weighted by Crippen LogP contribution is 2.58. The molecule has 5 N–H and O–H groups in total. The van der Waals surface area contributed by atoms with E-state index in [1.165, 1.54) is 12.8 Å². The molecule has 1 aliphatic heterocycles. The van der Waals surface area contributed by atoms with E-state index in [4.69, 9.17) is 10.5 Å². The van der Waals surface area contributed by atoms with Crippen LogP contribution in [0.15, 0.2) is 41.2 Å². The van der Waals surface area contributed by atoms with Crippen LogP contribution in [0.2, 0.25) is 0 Å². The Morgan fingerprint density at radius 2 is 2.02 bits per heavy atom. The van der Waals surface area contributed by atoms with Crippen LogP contribution in [-0.4, -0.2) is 65.7 Å². The van der Waals surface area contributed by atoms with Crippen molar-refractivity contribution < 1.29 is 19.4 Å². The molecule has 4 rings (SSSR count). The number of allylic oxidation sites excluding steroid dienone is 1. The maximum Gasteiger partial charge on any atom is 0.311 e. The Morgan fingerprint density at radius 1 is 1.28 bits per heavy atom. The number of rotatable bonds is 12. The summed E-state index contributed by atoms with van der Waals surface area (Å²) in [6, 6.07) is 2.85. The normalized spacial score (nSPS) is 28.7. The monoisotopic (exact) mass is 595 g/mol. The lowest BCUT2D eigenvalue weighted by atomic mass is 9.52. The molecule has 0 radical (unpaired) electrons. The summed E-state index contributed by atoms with van der Waals surface area (Å²) < 4.78 is 5.70. The summed E-state index contributed by atoms with van der Waals surface area (Å²) in [7, 11) is 1.77. The number of hydrogen-bond acceptors (Lipinski definition) is 9. The smallest absolute Gasteiger partial charge is 0.311 e. The number of hydrogen-bond donors (Lipinski definition) is 4. The van der Waals surface area contributed by atoms with Crippen LogP contribution in [0.5, 0.6) is 5.75 Å². The maximum absolute atomic E-state index is 13.3. The SMILES string of the molecule is C/C=C(\C=C/NC)C(=O)N[C@@H]1CC[C@@]2(O)C(C)N(CC3CC3)CCC2(c2c(C)ccc(OC(=O)CCC(C)N)c2N=O)C1. The highest BCUT2D eigenvalue weighted by atomic mass is 16.5. The molecule has 1 heterocycles. The first-order valence-electron chi connectivity index (χ1n) is 15.7. The van der Waals surface area contributed by atoms with Gasteiger partial charge in [0.05, 0.1) is 5.60 Å². The zero-order valence-electron chi connectivity index (χ0n) is 26.3. The van der Waals surface area contributed by atoms with Crippen molar-refractivity contribution >= 4 is 17.6 Å². The van der Waals surface area contributed by atoms with E-state index >= 15 is 0 Å². The molecule has 3 unspecified atom stereocenters. The molecule has 1 aromatic rings. The van der Waals surface area contributed by atoms with E-state index in [0.717, 1.165) is 18.7 Å². The molecule has 10 nitrogen and oxygen atoms in total. The van der Waals surface area contributed by atoms with Gasteiger partial charge in [-0.15, -0.1) is 4.91 Å². The second-order valence-electron chi connectivity index (χ2n) is 12.8. The van der Waals surface area contributed by atoms with E-state index in [1.807, 2.05) is 26.8 Å². The highest BCUT2D eigenvalue weighted by molar-refractivity contribution is 5.96. The maximum atomic E-state index is 13.3. The van der Waals surface area contributed by atoms with Gasteiger partial charge in [-0.3, -0.25) is 14.5 Å². The number of piperidine rings is 1.